The number of anilines is 1. The van der Waals surface area contributed by atoms with E-state index in [9.17, 15) is 4.79 Å². The molecular weight excluding hydrogens is 318 g/mol. The highest BCUT2D eigenvalue weighted by Crippen LogP contribution is 2.20. The molecule has 128 valence electrons. The van der Waals surface area contributed by atoms with Gasteiger partial charge in [0.2, 0.25) is 5.91 Å². The van der Waals surface area contributed by atoms with Crippen molar-refractivity contribution in [1.29, 1.82) is 0 Å². The van der Waals surface area contributed by atoms with Crippen molar-refractivity contribution in [3.05, 3.63) is 45.4 Å². The Balaban J connectivity index is 1.51. The summed E-state index contributed by atoms with van der Waals surface area (Å²) >= 11 is 1.71. The van der Waals surface area contributed by atoms with Gasteiger partial charge in [-0.15, -0.1) is 11.3 Å². The summed E-state index contributed by atoms with van der Waals surface area (Å²) in [6, 6.07) is 8.58. The number of amides is 1. The molecule has 0 radical (unpaired) electrons. The zero-order chi connectivity index (χ0) is 17.1. The fourth-order valence-electron chi connectivity index (χ4n) is 3.22. The van der Waals surface area contributed by atoms with Crippen LogP contribution in [0.1, 0.15) is 27.6 Å². The Morgan fingerprint density at radius 2 is 1.92 bits per heavy atom. The zero-order valence-electron chi connectivity index (χ0n) is 14.7. The van der Waals surface area contributed by atoms with Gasteiger partial charge < -0.3 is 9.80 Å². The molecule has 2 aromatic rings. The summed E-state index contributed by atoms with van der Waals surface area (Å²) in [5.74, 6) is 0.268. The predicted molar refractivity (Wildman–Crippen MR) is 99.9 cm³/mol. The number of benzene rings is 1. The Kier molecular flexibility index (Phi) is 5.19. The van der Waals surface area contributed by atoms with Gasteiger partial charge in [-0.1, -0.05) is 12.1 Å². The van der Waals surface area contributed by atoms with Gasteiger partial charge in [-0.25, -0.2) is 4.98 Å². The largest absolute Gasteiger partial charge is 0.368 e. The van der Waals surface area contributed by atoms with E-state index < -0.39 is 0 Å². The van der Waals surface area contributed by atoms with E-state index in [-0.39, 0.29) is 5.91 Å². The first-order valence-corrected chi connectivity index (χ1v) is 9.37. The van der Waals surface area contributed by atoms with Gasteiger partial charge in [0.1, 0.15) is 0 Å². The summed E-state index contributed by atoms with van der Waals surface area (Å²) < 4.78 is 0. The van der Waals surface area contributed by atoms with Crippen molar-refractivity contribution in [1.82, 2.24) is 9.88 Å². The quantitative estimate of drug-likeness (QED) is 0.854. The van der Waals surface area contributed by atoms with Gasteiger partial charge in [0.15, 0.2) is 0 Å². The van der Waals surface area contributed by atoms with Gasteiger partial charge in [-0.2, -0.15) is 0 Å². The molecule has 1 amide bonds. The van der Waals surface area contributed by atoms with Crippen LogP contribution < -0.4 is 4.90 Å². The smallest absolute Gasteiger partial charge is 0.223 e. The minimum absolute atomic E-state index is 0.268. The lowest BCUT2D eigenvalue weighted by molar-refractivity contribution is -0.131. The molecule has 0 spiro atoms. The minimum Gasteiger partial charge on any atom is -0.368 e. The Morgan fingerprint density at radius 3 is 2.54 bits per heavy atom. The third-order valence-corrected chi connectivity index (χ3v) is 5.70. The van der Waals surface area contributed by atoms with Crippen LogP contribution in [0.25, 0.3) is 0 Å². The number of aromatic nitrogens is 1. The molecule has 2 heterocycles. The van der Waals surface area contributed by atoms with Crippen LogP contribution in [0.2, 0.25) is 0 Å². The molecule has 24 heavy (non-hydrogen) atoms. The molecular formula is C19H25N3OS. The molecule has 0 N–H and O–H groups in total. The maximum Gasteiger partial charge on any atom is 0.223 e. The van der Waals surface area contributed by atoms with Gasteiger partial charge in [0, 0.05) is 43.2 Å². The van der Waals surface area contributed by atoms with Crippen LogP contribution in [-0.4, -0.2) is 42.0 Å². The Hall–Kier alpha value is -1.88. The fourth-order valence-corrected chi connectivity index (χ4v) is 4.16. The van der Waals surface area contributed by atoms with Gasteiger partial charge in [-0.3, -0.25) is 4.79 Å². The molecule has 1 aromatic carbocycles. The van der Waals surface area contributed by atoms with Crippen LogP contribution in [0.15, 0.2) is 24.3 Å². The van der Waals surface area contributed by atoms with Crippen molar-refractivity contribution in [2.24, 2.45) is 0 Å². The van der Waals surface area contributed by atoms with E-state index in [1.54, 1.807) is 11.3 Å². The van der Waals surface area contributed by atoms with Crippen LogP contribution in [0.5, 0.6) is 0 Å². The maximum absolute atomic E-state index is 12.5. The predicted octanol–water partition coefficient (Wildman–Crippen LogP) is 3.35. The number of aryl methyl sites for hydroxylation is 4. The average Bonchev–Trinajstić information content (AvgIpc) is 2.90. The first kappa shape index (κ1) is 17.0. The number of thiazole rings is 1. The maximum atomic E-state index is 12.5. The second kappa shape index (κ2) is 7.34. The molecule has 1 aliphatic rings. The summed E-state index contributed by atoms with van der Waals surface area (Å²) in [5, 5.41) is 1.08. The van der Waals surface area contributed by atoms with Gasteiger partial charge in [-0.05, 0) is 44.9 Å². The molecule has 5 heteroatoms. The molecule has 1 saturated heterocycles. The van der Waals surface area contributed by atoms with E-state index >= 15 is 0 Å². The molecule has 1 fully saturated rings. The van der Waals surface area contributed by atoms with E-state index in [2.05, 4.69) is 41.1 Å². The highest BCUT2D eigenvalue weighted by molar-refractivity contribution is 7.11. The van der Waals surface area contributed by atoms with Crippen molar-refractivity contribution in [3.8, 4) is 0 Å². The number of piperazine rings is 1. The molecule has 4 nitrogen and oxygen atoms in total. The molecule has 0 bridgehead atoms. The van der Waals surface area contributed by atoms with Crippen molar-refractivity contribution < 1.29 is 4.79 Å². The lowest BCUT2D eigenvalue weighted by Crippen LogP contribution is -2.48. The normalized spacial score (nSPS) is 15.0. The molecule has 1 aliphatic heterocycles. The summed E-state index contributed by atoms with van der Waals surface area (Å²) in [7, 11) is 0. The van der Waals surface area contributed by atoms with E-state index in [1.165, 1.54) is 16.1 Å². The molecule has 0 atom stereocenters. The number of hydrogen-bond donors (Lipinski definition) is 0. The Morgan fingerprint density at radius 1 is 1.17 bits per heavy atom. The highest BCUT2D eigenvalue weighted by Gasteiger charge is 2.21. The zero-order valence-corrected chi connectivity index (χ0v) is 15.5. The van der Waals surface area contributed by atoms with Crippen LogP contribution in [-0.2, 0) is 11.2 Å². The van der Waals surface area contributed by atoms with Crippen molar-refractivity contribution >= 4 is 22.9 Å². The fraction of sp³-hybridized carbons (Fsp3) is 0.474. The third-order valence-electron chi connectivity index (χ3n) is 4.56. The lowest BCUT2D eigenvalue weighted by Gasteiger charge is -2.36. The molecule has 3 rings (SSSR count). The van der Waals surface area contributed by atoms with E-state index in [0.29, 0.717) is 6.42 Å². The van der Waals surface area contributed by atoms with Gasteiger partial charge in [0.25, 0.3) is 0 Å². The molecule has 0 unspecified atom stereocenters. The third kappa shape index (κ3) is 3.96. The second-order valence-corrected chi connectivity index (χ2v) is 7.74. The van der Waals surface area contributed by atoms with Crippen LogP contribution in [0.4, 0.5) is 5.69 Å². The topological polar surface area (TPSA) is 36.4 Å². The summed E-state index contributed by atoms with van der Waals surface area (Å²) in [6.45, 7) is 9.62. The Bertz CT molecular complexity index is 717. The van der Waals surface area contributed by atoms with Gasteiger partial charge >= 0.3 is 0 Å². The first-order chi connectivity index (χ1) is 11.5. The standard InChI is InChI=1S/C19H25N3OS/c1-14-5-4-6-17(13-14)21-9-11-22(12-10-21)19(23)8-7-18-15(2)20-16(3)24-18/h4-6,13H,7-12H2,1-3H3. The molecule has 1 aromatic heterocycles. The van der Waals surface area contributed by atoms with E-state index in [1.807, 2.05) is 18.7 Å². The monoisotopic (exact) mass is 343 g/mol. The van der Waals surface area contributed by atoms with Crippen LogP contribution >= 0.6 is 11.3 Å². The minimum atomic E-state index is 0.268. The number of nitrogens with zero attached hydrogens (tertiary/aromatic N) is 3. The average molecular weight is 343 g/mol. The SMILES string of the molecule is Cc1cccc(N2CCN(C(=O)CCc3sc(C)nc3C)CC2)c1. The highest BCUT2D eigenvalue weighted by atomic mass is 32.1. The van der Waals surface area contributed by atoms with Crippen molar-refractivity contribution in [3.63, 3.8) is 0 Å². The summed E-state index contributed by atoms with van der Waals surface area (Å²) in [6.07, 6.45) is 1.40. The summed E-state index contributed by atoms with van der Waals surface area (Å²) in [5.41, 5.74) is 3.62. The second-order valence-electron chi connectivity index (χ2n) is 6.45. The van der Waals surface area contributed by atoms with E-state index in [0.717, 1.165) is 43.3 Å². The number of carbonyl (C=O) groups excluding carboxylic acids is 1. The molecule has 0 aliphatic carbocycles. The first-order valence-electron chi connectivity index (χ1n) is 8.55. The summed E-state index contributed by atoms with van der Waals surface area (Å²) in [4.78, 5) is 22.5. The number of hydrogen-bond acceptors (Lipinski definition) is 4. The molecule has 0 saturated carbocycles. The van der Waals surface area contributed by atoms with Crippen LogP contribution in [0, 0.1) is 20.8 Å². The lowest BCUT2D eigenvalue weighted by atomic mass is 10.1. The van der Waals surface area contributed by atoms with Crippen molar-refractivity contribution in [2.75, 3.05) is 31.1 Å². The van der Waals surface area contributed by atoms with Crippen LogP contribution in [0.3, 0.4) is 0 Å². The van der Waals surface area contributed by atoms with Crippen molar-refractivity contribution in [2.45, 2.75) is 33.6 Å². The number of carbonyl (C=O) groups is 1. The van der Waals surface area contributed by atoms with Gasteiger partial charge in [0.05, 0.1) is 10.7 Å². The number of rotatable bonds is 4. The Labute approximate surface area is 148 Å². The van der Waals surface area contributed by atoms with E-state index in [4.69, 9.17) is 0 Å².